The Balaban J connectivity index is -0.000000402. The van der Waals surface area contributed by atoms with Crippen molar-refractivity contribution < 1.29 is 56.6 Å². The normalized spacial score (nSPS) is 9.92. The molecule has 0 aliphatic rings. The molecule has 64 heavy (non-hydrogen) atoms. The maximum Gasteiger partial charge on any atom is 0.227 e. The van der Waals surface area contributed by atoms with Crippen LogP contribution in [-0.4, -0.2) is 27.9 Å². The average Bonchev–Trinajstić information content (AvgIpc) is 3.76. The first-order valence-electron chi connectivity index (χ1n) is 20.4. The van der Waals surface area contributed by atoms with Crippen LogP contribution in [0.3, 0.4) is 0 Å². The Hall–Kier alpha value is -5.02. The third-order valence-corrected chi connectivity index (χ3v) is 8.57. The molecule has 0 fully saturated rings. The number of alkyl halides is 1. The van der Waals surface area contributed by atoms with Crippen LogP contribution in [0, 0.1) is 6.07 Å². The van der Waals surface area contributed by atoms with Crippen LogP contribution < -0.4 is 4.74 Å². The van der Waals surface area contributed by atoms with Gasteiger partial charge >= 0.3 is 0 Å². The minimum Gasteiger partial charge on any atom is -0.508 e. The number of phenolic OH excluding ortho intramolecular Hbond substituents is 1. The van der Waals surface area contributed by atoms with Crippen LogP contribution in [0.1, 0.15) is 119 Å². The van der Waals surface area contributed by atoms with Gasteiger partial charge in [-0.15, -0.1) is 23.4 Å². The number of oxazole rings is 1. The van der Waals surface area contributed by atoms with Crippen molar-refractivity contribution in [3.05, 3.63) is 180 Å². The van der Waals surface area contributed by atoms with Gasteiger partial charge in [0.05, 0.1) is 10.6 Å². The fourth-order valence-corrected chi connectivity index (χ4v) is 5.16. The molecule has 1 N–H and O–H groups in total. The number of benzene rings is 6. The van der Waals surface area contributed by atoms with Gasteiger partial charge in [-0.3, -0.25) is 9.59 Å². The molecule has 0 saturated carbocycles. The van der Waals surface area contributed by atoms with Gasteiger partial charge in [0.2, 0.25) is 5.89 Å². The number of aromatic hydroxyl groups is 1. The molecular formula is C55H71BrN2O5Y-2. The molecule has 7 rings (SSSR count). The molecule has 0 saturated heterocycles. The van der Waals surface area contributed by atoms with E-state index in [9.17, 15) is 14.7 Å². The van der Waals surface area contributed by atoms with Gasteiger partial charge in [-0.2, -0.15) is 24.3 Å². The molecule has 7 aromatic rings. The van der Waals surface area contributed by atoms with Crippen molar-refractivity contribution in [3.8, 4) is 23.0 Å². The fourth-order valence-electron chi connectivity index (χ4n) is 4.86. The van der Waals surface area contributed by atoms with Gasteiger partial charge in [0, 0.05) is 38.3 Å². The summed E-state index contributed by atoms with van der Waals surface area (Å²) in [5.41, 5.74) is 5.67. The van der Waals surface area contributed by atoms with Crippen molar-refractivity contribution in [1.82, 2.24) is 4.98 Å². The van der Waals surface area contributed by atoms with Gasteiger partial charge in [0.25, 0.3) is 0 Å². The van der Waals surface area contributed by atoms with Crippen LogP contribution in [-0.2, 0) is 42.3 Å². The number of rotatable bonds is 9. The van der Waals surface area contributed by atoms with Crippen molar-refractivity contribution in [2.24, 2.45) is 4.99 Å². The van der Waals surface area contributed by atoms with E-state index in [-0.39, 0.29) is 77.1 Å². The van der Waals surface area contributed by atoms with Crippen LogP contribution in [0.15, 0.2) is 167 Å². The number of para-hydroxylation sites is 3. The summed E-state index contributed by atoms with van der Waals surface area (Å²) < 4.78 is 11.5. The zero-order valence-corrected chi connectivity index (χ0v) is 41.5. The number of nitrogens with zero attached hydrogens (tertiary/aromatic N) is 2. The Morgan fingerprint density at radius 2 is 1.22 bits per heavy atom. The molecule has 1 radical (unpaired) electrons. The number of hydrogen-bond donors (Lipinski definition) is 1. The largest absolute Gasteiger partial charge is 0.508 e. The van der Waals surface area contributed by atoms with Gasteiger partial charge in [-0.1, -0.05) is 179 Å². The first-order valence-corrected chi connectivity index (χ1v) is 21.3. The summed E-state index contributed by atoms with van der Waals surface area (Å²) in [4.78, 5) is 31.3. The smallest absolute Gasteiger partial charge is 0.227 e. The van der Waals surface area contributed by atoms with E-state index in [1.54, 1.807) is 31.2 Å². The average molecular weight is 1010 g/mol. The third-order valence-electron chi connectivity index (χ3n) is 7.39. The molecule has 2 atom stereocenters. The zero-order chi connectivity index (χ0) is 44.7. The van der Waals surface area contributed by atoms with Crippen LogP contribution in [0.4, 0.5) is 5.69 Å². The summed E-state index contributed by atoms with van der Waals surface area (Å²) in [6, 6.07) is 51.4. The molecule has 6 aromatic carbocycles. The molecule has 0 aliphatic carbocycles. The van der Waals surface area contributed by atoms with Crippen LogP contribution in [0.2, 0.25) is 0 Å². The van der Waals surface area contributed by atoms with E-state index in [4.69, 9.17) is 9.15 Å². The van der Waals surface area contributed by atoms with Crippen LogP contribution in [0.5, 0.6) is 11.5 Å². The van der Waals surface area contributed by atoms with Gasteiger partial charge in [0.1, 0.15) is 17.0 Å². The van der Waals surface area contributed by atoms with Gasteiger partial charge < -0.3 is 19.3 Å². The predicted molar refractivity (Wildman–Crippen MR) is 274 cm³/mol. The van der Waals surface area contributed by atoms with Crippen LogP contribution >= 0.6 is 15.9 Å². The van der Waals surface area contributed by atoms with E-state index in [0.717, 1.165) is 33.4 Å². The molecule has 0 spiro atoms. The van der Waals surface area contributed by atoms with E-state index in [0.29, 0.717) is 17.3 Å². The molecule has 9 heteroatoms. The number of ether oxygens (including phenoxy) is 1. The van der Waals surface area contributed by atoms with E-state index >= 15 is 0 Å². The number of hydrogen-bond acceptors (Lipinski definition) is 7. The number of halogens is 1. The standard InChI is InChI=1S/C22H17NO2.C13H9NO2.C9H9BrO.4C2H6.3CH4.Y/c1-17(24)22(19-10-4-2-5-11-19)25-21-14-8-9-18(15-21)16-23-20-12-6-3-7-13-20;15-10-5-3-4-9(8-10)13-14-11-6-1-2-7-12(11)16-13;1-7(11)9(10)8-5-3-2-4-6-8;4*1-2;;;;/h2-12,14-15,22H,1H3;1-8,15H;2-6,9H,1H3;4*1-2H3;3*1H4;/q-2;;;;;;;;;;. The number of fused-ring (bicyclic) bond motifs is 1. The SMILES string of the molecule is C.C.C.CC.CC.CC.CC.CC(=O)C(Br)c1ccccc1.CC(=O)C(Oc1cccc([C-]=Nc2[c-]cccc2)c1)c1ccccc1.Oc1cccc(-c2nc3ccccc3o2)c1.[Y]. The number of aliphatic imine (C=N–C) groups is 1. The minimum absolute atomic E-state index is 0. The number of aromatic nitrogens is 1. The first-order chi connectivity index (χ1) is 29.3. The Morgan fingerprint density at radius 3 is 1.75 bits per heavy atom. The van der Waals surface area contributed by atoms with Gasteiger partial charge in [-0.25, -0.2) is 11.1 Å². The number of ketones is 2. The summed E-state index contributed by atoms with van der Waals surface area (Å²) in [6.07, 6.45) is 2.34. The molecule has 2 unspecified atom stereocenters. The Kier molecular flexibility index (Phi) is 40.6. The molecule has 0 amide bonds. The van der Waals surface area contributed by atoms with Crippen molar-refractivity contribution in [2.75, 3.05) is 0 Å². The molecule has 0 aliphatic heterocycles. The molecule has 0 bridgehead atoms. The van der Waals surface area contributed by atoms with E-state index < -0.39 is 6.10 Å². The van der Waals surface area contributed by atoms with Gasteiger partial charge in [0.15, 0.2) is 17.5 Å². The Labute approximate surface area is 419 Å². The van der Waals surface area contributed by atoms with Crippen molar-refractivity contribution in [3.63, 3.8) is 0 Å². The number of Topliss-reactive ketones (excluding diaryl/α,β-unsaturated/α-hetero) is 2. The summed E-state index contributed by atoms with van der Waals surface area (Å²) in [7, 11) is 0. The maximum atomic E-state index is 12.0. The summed E-state index contributed by atoms with van der Waals surface area (Å²) in [6.45, 7) is 19.1. The second-order valence-electron chi connectivity index (χ2n) is 11.4. The van der Waals surface area contributed by atoms with Crippen molar-refractivity contribution >= 4 is 50.5 Å². The van der Waals surface area contributed by atoms with Crippen molar-refractivity contribution in [2.45, 2.75) is 102 Å². The second-order valence-corrected chi connectivity index (χ2v) is 12.4. The van der Waals surface area contributed by atoms with Crippen molar-refractivity contribution in [1.29, 1.82) is 0 Å². The molecule has 7 nitrogen and oxygen atoms in total. The predicted octanol–water partition coefficient (Wildman–Crippen LogP) is 16.7. The Bertz CT molecular complexity index is 2200. The van der Waals surface area contributed by atoms with E-state index in [2.05, 4.69) is 38.2 Å². The Morgan fingerprint density at radius 1 is 0.672 bits per heavy atom. The summed E-state index contributed by atoms with van der Waals surface area (Å²) in [5, 5.41) is 9.38. The molecular weight excluding hydrogens is 937 g/mol. The number of carbonyl (C=O) groups excluding carboxylic acids is 2. The zero-order valence-electron chi connectivity index (χ0n) is 37.1. The second kappa shape index (κ2) is 39.6. The third kappa shape index (κ3) is 23.6. The summed E-state index contributed by atoms with van der Waals surface area (Å²) in [5.74, 6) is 1.42. The monoisotopic (exact) mass is 1010 g/mol. The minimum atomic E-state index is -0.629. The number of carbonyl (C=O) groups is 2. The fraction of sp³-hybridized carbons (Fsp3) is 0.273. The molecule has 343 valence electrons. The topological polar surface area (TPSA) is 102 Å². The van der Waals surface area contributed by atoms with Crippen LogP contribution in [0.25, 0.3) is 22.6 Å². The quantitative estimate of drug-likeness (QED) is 0.0878. The van der Waals surface area contributed by atoms with E-state index in [1.165, 1.54) is 6.92 Å². The number of phenols is 1. The van der Waals surface area contributed by atoms with E-state index in [1.807, 2.05) is 189 Å². The maximum absolute atomic E-state index is 12.0. The summed E-state index contributed by atoms with van der Waals surface area (Å²) >= 11 is 3.30. The first kappa shape index (κ1) is 65.6. The molecule has 1 aromatic heterocycles. The molecule has 1 heterocycles. The van der Waals surface area contributed by atoms with Gasteiger partial charge in [-0.05, 0) is 67.6 Å².